The van der Waals surface area contributed by atoms with Gasteiger partial charge in [-0.2, -0.15) is 5.10 Å². The molecule has 5 heteroatoms. The summed E-state index contributed by atoms with van der Waals surface area (Å²) in [6.45, 7) is 1.98. The summed E-state index contributed by atoms with van der Waals surface area (Å²) in [6.07, 6.45) is 0.615. The molecule has 0 saturated heterocycles. The number of carbonyl (C=O) groups is 1. The number of benzene rings is 2. The van der Waals surface area contributed by atoms with Gasteiger partial charge in [0.05, 0.1) is 16.6 Å². The predicted molar refractivity (Wildman–Crippen MR) is 102 cm³/mol. The molecule has 3 nitrogen and oxygen atoms in total. The number of hydrogen-bond acceptors (Lipinski definition) is 3. The van der Waals surface area contributed by atoms with E-state index in [9.17, 15) is 9.18 Å². The van der Waals surface area contributed by atoms with Crippen LogP contribution >= 0.6 is 11.3 Å². The normalized spacial score (nSPS) is 16.6. The SMILES string of the molecule is Cc1ccc(C(=O)N2N=C(c3cccs3)CC2c2ccc(F)cc2)cc1. The number of halogens is 1. The number of carbonyl (C=O) groups excluding carboxylic acids is 1. The van der Waals surface area contributed by atoms with Crippen molar-refractivity contribution in [2.24, 2.45) is 5.10 Å². The second-order valence-electron chi connectivity index (χ2n) is 6.31. The maximum atomic E-state index is 13.3. The molecular formula is C21H17FN2OS. The number of nitrogens with zero attached hydrogens (tertiary/aromatic N) is 2. The fraction of sp³-hybridized carbons (Fsp3) is 0.143. The molecule has 1 unspecified atom stereocenters. The lowest BCUT2D eigenvalue weighted by molar-refractivity contribution is 0.0711. The molecule has 2 aromatic carbocycles. The molecule has 1 atom stereocenters. The van der Waals surface area contributed by atoms with E-state index >= 15 is 0 Å². The molecule has 0 saturated carbocycles. The first-order valence-electron chi connectivity index (χ1n) is 8.39. The van der Waals surface area contributed by atoms with Crippen LogP contribution in [0.3, 0.4) is 0 Å². The summed E-state index contributed by atoms with van der Waals surface area (Å²) in [4.78, 5) is 14.1. The number of rotatable bonds is 3. The van der Waals surface area contributed by atoms with Crippen molar-refractivity contribution >= 4 is 23.0 Å². The topological polar surface area (TPSA) is 32.7 Å². The number of thiophene rings is 1. The van der Waals surface area contributed by atoms with Crippen LogP contribution in [0.4, 0.5) is 4.39 Å². The van der Waals surface area contributed by atoms with Crippen LogP contribution in [0.5, 0.6) is 0 Å². The zero-order chi connectivity index (χ0) is 18.1. The van der Waals surface area contributed by atoms with Gasteiger partial charge in [-0.3, -0.25) is 4.79 Å². The van der Waals surface area contributed by atoms with Gasteiger partial charge in [0.15, 0.2) is 0 Å². The standard InChI is InChI=1S/C21H17FN2OS/c1-14-4-6-16(7-5-14)21(25)24-19(15-8-10-17(22)11-9-15)13-18(23-24)20-3-2-12-26-20/h2-12,19H,13H2,1H3. The second kappa shape index (κ2) is 6.84. The Morgan fingerprint density at radius 3 is 2.50 bits per heavy atom. The summed E-state index contributed by atoms with van der Waals surface area (Å²) in [5, 5.41) is 8.16. The highest BCUT2D eigenvalue weighted by Gasteiger charge is 2.33. The maximum absolute atomic E-state index is 13.3. The maximum Gasteiger partial charge on any atom is 0.274 e. The van der Waals surface area contributed by atoms with Crippen LogP contribution in [0, 0.1) is 12.7 Å². The molecule has 1 amide bonds. The fourth-order valence-electron chi connectivity index (χ4n) is 3.06. The number of hydrogen-bond donors (Lipinski definition) is 0. The molecule has 1 aliphatic heterocycles. The monoisotopic (exact) mass is 364 g/mol. The van der Waals surface area contributed by atoms with Crippen LogP contribution in [0.2, 0.25) is 0 Å². The van der Waals surface area contributed by atoms with E-state index in [1.807, 2.05) is 48.7 Å². The van der Waals surface area contributed by atoms with Crippen LogP contribution in [-0.4, -0.2) is 16.6 Å². The Morgan fingerprint density at radius 2 is 1.85 bits per heavy atom. The number of hydrazone groups is 1. The highest BCUT2D eigenvalue weighted by atomic mass is 32.1. The van der Waals surface area contributed by atoms with Gasteiger partial charge >= 0.3 is 0 Å². The number of aryl methyl sites for hydroxylation is 1. The summed E-state index contributed by atoms with van der Waals surface area (Å²) in [5.74, 6) is -0.437. The Bertz CT molecular complexity index is 947. The first-order chi connectivity index (χ1) is 12.6. The summed E-state index contributed by atoms with van der Waals surface area (Å²) >= 11 is 1.60. The van der Waals surface area contributed by atoms with E-state index < -0.39 is 0 Å². The molecule has 3 aromatic rings. The van der Waals surface area contributed by atoms with Gasteiger partial charge in [-0.15, -0.1) is 11.3 Å². The molecule has 0 radical (unpaired) electrons. The largest absolute Gasteiger partial charge is 0.274 e. The Hall–Kier alpha value is -2.79. The highest BCUT2D eigenvalue weighted by molar-refractivity contribution is 7.12. The van der Waals surface area contributed by atoms with Crippen LogP contribution in [-0.2, 0) is 0 Å². The third-order valence-corrected chi connectivity index (χ3v) is 5.40. The van der Waals surface area contributed by atoms with Crippen molar-refractivity contribution in [3.05, 3.63) is 93.4 Å². The van der Waals surface area contributed by atoms with Gasteiger partial charge in [0.1, 0.15) is 5.82 Å². The van der Waals surface area contributed by atoms with Crippen molar-refractivity contribution in [3.63, 3.8) is 0 Å². The molecule has 130 valence electrons. The Balaban J connectivity index is 1.71. The van der Waals surface area contributed by atoms with Gasteiger partial charge in [-0.05, 0) is 48.2 Å². The summed E-state index contributed by atoms with van der Waals surface area (Å²) < 4.78 is 13.3. The van der Waals surface area contributed by atoms with E-state index in [0.717, 1.165) is 21.7 Å². The lowest BCUT2D eigenvalue weighted by atomic mass is 10.0. The van der Waals surface area contributed by atoms with Crippen molar-refractivity contribution in [1.29, 1.82) is 0 Å². The molecule has 0 fully saturated rings. The second-order valence-corrected chi connectivity index (χ2v) is 7.26. The van der Waals surface area contributed by atoms with Gasteiger partial charge in [0.25, 0.3) is 5.91 Å². The van der Waals surface area contributed by atoms with E-state index in [1.165, 1.54) is 17.1 Å². The molecule has 1 aliphatic rings. The third-order valence-electron chi connectivity index (χ3n) is 4.48. The third kappa shape index (κ3) is 3.18. The Labute approximate surface area is 155 Å². The molecule has 0 bridgehead atoms. The smallest absolute Gasteiger partial charge is 0.267 e. The first-order valence-corrected chi connectivity index (χ1v) is 9.27. The molecule has 4 rings (SSSR count). The molecule has 1 aromatic heterocycles. The van der Waals surface area contributed by atoms with Crippen LogP contribution < -0.4 is 0 Å². The highest BCUT2D eigenvalue weighted by Crippen LogP contribution is 2.34. The van der Waals surface area contributed by atoms with E-state index in [4.69, 9.17) is 0 Å². The van der Waals surface area contributed by atoms with Crippen LogP contribution in [0.15, 0.2) is 71.1 Å². The summed E-state index contributed by atoms with van der Waals surface area (Å²) in [7, 11) is 0. The average molecular weight is 364 g/mol. The number of amides is 1. The fourth-order valence-corrected chi connectivity index (χ4v) is 3.78. The van der Waals surface area contributed by atoms with Crippen molar-refractivity contribution in [2.45, 2.75) is 19.4 Å². The molecule has 0 spiro atoms. The van der Waals surface area contributed by atoms with Gasteiger partial charge in [0, 0.05) is 12.0 Å². The molecular weight excluding hydrogens is 347 g/mol. The Kier molecular flexibility index (Phi) is 4.39. The van der Waals surface area contributed by atoms with Crippen LogP contribution in [0.25, 0.3) is 0 Å². The van der Waals surface area contributed by atoms with E-state index in [0.29, 0.717) is 12.0 Å². The van der Waals surface area contributed by atoms with Gasteiger partial charge in [-0.25, -0.2) is 9.40 Å². The molecule has 26 heavy (non-hydrogen) atoms. The van der Waals surface area contributed by atoms with Crippen molar-refractivity contribution in [3.8, 4) is 0 Å². The Morgan fingerprint density at radius 1 is 1.12 bits per heavy atom. The van der Waals surface area contributed by atoms with Gasteiger partial charge < -0.3 is 0 Å². The van der Waals surface area contributed by atoms with Gasteiger partial charge in [-0.1, -0.05) is 35.9 Å². The molecule has 0 N–H and O–H groups in total. The van der Waals surface area contributed by atoms with Crippen LogP contribution in [0.1, 0.15) is 38.8 Å². The molecule has 0 aliphatic carbocycles. The minimum atomic E-state index is -0.289. The first kappa shape index (κ1) is 16.7. The molecule has 2 heterocycles. The quantitative estimate of drug-likeness (QED) is 0.630. The summed E-state index contributed by atoms with van der Waals surface area (Å²) in [5.41, 5.74) is 3.46. The average Bonchev–Trinajstić information content (AvgIpc) is 3.32. The minimum Gasteiger partial charge on any atom is -0.267 e. The lowest BCUT2D eigenvalue weighted by Crippen LogP contribution is -2.27. The van der Waals surface area contributed by atoms with Crippen molar-refractivity contribution < 1.29 is 9.18 Å². The van der Waals surface area contributed by atoms with E-state index in [-0.39, 0.29) is 17.8 Å². The van der Waals surface area contributed by atoms with E-state index in [1.54, 1.807) is 23.5 Å². The minimum absolute atomic E-state index is 0.147. The van der Waals surface area contributed by atoms with E-state index in [2.05, 4.69) is 5.10 Å². The lowest BCUT2D eigenvalue weighted by Gasteiger charge is -2.22. The zero-order valence-electron chi connectivity index (χ0n) is 14.2. The van der Waals surface area contributed by atoms with Crippen molar-refractivity contribution in [2.75, 3.05) is 0 Å². The predicted octanol–water partition coefficient (Wildman–Crippen LogP) is 5.19. The zero-order valence-corrected chi connectivity index (χ0v) is 15.0. The summed E-state index contributed by atoms with van der Waals surface area (Å²) in [6, 6.07) is 17.5. The van der Waals surface area contributed by atoms with Gasteiger partial charge in [0.2, 0.25) is 0 Å². The van der Waals surface area contributed by atoms with Crippen molar-refractivity contribution in [1.82, 2.24) is 5.01 Å².